The van der Waals surface area contributed by atoms with Crippen molar-refractivity contribution in [3.8, 4) is 0 Å². The zero-order chi connectivity index (χ0) is 18.9. The van der Waals surface area contributed by atoms with Gasteiger partial charge in [0.2, 0.25) is 0 Å². The van der Waals surface area contributed by atoms with E-state index in [1.165, 1.54) is 24.1 Å². The van der Waals surface area contributed by atoms with Crippen molar-refractivity contribution < 1.29 is 14.3 Å². The number of carbonyl (C=O) groups is 1. The molecule has 2 aliphatic heterocycles. The fraction of sp³-hybridized carbons (Fsp3) is 0.667. The van der Waals surface area contributed by atoms with E-state index in [0.717, 1.165) is 39.0 Å². The summed E-state index contributed by atoms with van der Waals surface area (Å²) in [5.41, 5.74) is 2.47. The van der Waals surface area contributed by atoms with Crippen LogP contribution in [0.25, 0.3) is 0 Å². The highest BCUT2D eigenvalue weighted by Crippen LogP contribution is 2.25. The Bertz CT molecular complexity index is 584. The van der Waals surface area contributed by atoms with Crippen LogP contribution in [0, 0.1) is 0 Å². The molecule has 0 aromatic heterocycles. The molecule has 2 saturated heterocycles. The third kappa shape index (κ3) is 6.11. The van der Waals surface area contributed by atoms with Crippen LogP contribution < -0.4 is 10.2 Å². The number of anilines is 1. The molecule has 2 fully saturated rings. The number of amides is 2. The third-order valence-electron chi connectivity index (χ3n) is 5.26. The first-order valence-electron chi connectivity index (χ1n) is 10.2. The van der Waals surface area contributed by atoms with Crippen LogP contribution in [0.2, 0.25) is 0 Å². The van der Waals surface area contributed by atoms with Crippen molar-refractivity contribution in [3.05, 3.63) is 29.8 Å². The summed E-state index contributed by atoms with van der Waals surface area (Å²) in [6.45, 7) is 5.65. The third-order valence-corrected chi connectivity index (χ3v) is 5.26. The van der Waals surface area contributed by atoms with Gasteiger partial charge in [-0.05, 0) is 43.7 Å². The number of para-hydroxylation sites is 1. The Balaban J connectivity index is 1.35. The average Bonchev–Trinajstić information content (AvgIpc) is 3.38. The highest BCUT2D eigenvalue weighted by molar-refractivity contribution is 5.74. The molecule has 0 saturated carbocycles. The Morgan fingerprint density at radius 3 is 2.89 bits per heavy atom. The van der Waals surface area contributed by atoms with E-state index in [9.17, 15) is 4.79 Å². The first-order valence-corrected chi connectivity index (χ1v) is 10.2. The Hall–Kier alpha value is -1.79. The summed E-state index contributed by atoms with van der Waals surface area (Å²) >= 11 is 0. The van der Waals surface area contributed by atoms with Crippen molar-refractivity contribution >= 4 is 11.7 Å². The molecule has 1 N–H and O–H groups in total. The number of ether oxygens (including phenoxy) is 2. The van der Waals surface area contributed by atoms with Crippen LogP contribution >= 0.6 is 0 Å². The molecule has 1 unspecified atom stereocenters. The van der Waals surface area contributed by atoms with Crippen molar-refractivity contribution in [2.75, 3.05) is 51.4 Å². The van der Waals surface area contributed by atoms with Crippen LogP contribution in [-0.2, 0) is 16.0 Å². The molecule has 3 rings (SSSR count). The maximum Gasteiger partial charge on any atom is 0.317 e. The lowest BCUT2D eigenvalue weighted by Crippen LogP contribution is -2.38. The van der Waals surface area contributed by atoms with Gasteiger partial charge in [0.15, 0.2) is 0 Å². The second kappa shape index (κ2) is 10.5. The molecule has 150 valence electrons. The van der Waals surface area contributed by atoms with Crippen molar-refractivity contribution in [3.63, 3.8) is 0 Å². The van der Waals surface area contributed by atoms with Crippen LogP contribution in [0.5, 0.6) is 0 Å². The predicted molar refractivity (Wildman–Crippen MR) is 107 cm³/mol. The maximum atomic E-state index is 12.4. The van der Waals surface area contributed by atoms with Crippen LogP contribution in [0.15, 0.2) is 24.3 Å². The molecule has 0 aliphatic carbocycles. The van der Waals surface area contributed by atoms with Crippen molar-refractivity contribution in [1.82, 2.24) is 10.2 Å². The summed E-state index contributed by atoms with van der Waals surface area (Å²) in [6.07, 6.45) is 5.81. The van der Waals surface area contributed by atoms with Gasteiger partial charge >= 0.3 is 6.03 Å². The van der Waals surface area contributed by atoms with E-state index in [1.54, 1.807) is 4.90 Å². The van der Waals surface area contributed by atoms with Gasteiger partial charge < -0.3 is 24.6 Å². The fourth-order valence-electron chi connectivity index (χ4n) is 3.73. The van der Waals surface area contributed by atoms with Crippen molar-refractivity contribution in [1.29, 1.82) is 0 Å². The molecule has 2 amide bonds. The molecular formula is C21H33N3O3. The lowest BCUT2D eigenvalue weighted by molar-refractivity contribution is 0.0167. The Morgan fingerprint density at radius 1 is 1.30 bits per heavy atom. The van der Waals surface area contributed by atoms with Crippen LogP contribution in [0.4, 0.5) is 10.5 Å². The van der Waals surface area contributed by atoms with E-state index in [4.69, 9.17) is 9.47 Å². The molecule has 1 aromatic carbocycles. The zero-order valence-corrected chi connectivity index (χ0v) is 16.5. The van der Waals surface area contributed by atoms with Crippen molar-refractivity contribution in [2.24, 2.45) is 0 Å². The summed E-state index contributed by atoms with van der Waals surface area (Å²) in [4.78, 5) is 16.5. The SMILES string of the molecule is CN(Cc1ccccc1N1CCCC1)C(=O)NCCCOCC1CCCO1. The predicted octanol–water partition coefficient (Wildman–Crippen LogP) is 3.01. The van der Waals surface area contributed by atoms with E-state index in [0.29, 0.717) is 26.3 Å². The van der Waals surface area contributed by atoms with Gasteiger partial charge in [-0.25, -0.2) is 4.79 Å². The highest BCUT2D eigenvalue weighted by Gasteiger charge is 2.18. The lowest BCUT2D eigenvalue weighted by Gasteiger charge is -2.24. The van der Waals surface area contributed by atoms with E-state index in [-0.39, 0.29) is 12.1 Å². The second-order valence-electron chi connectivity index (χ2n) is 7.47. The second-order valence-corrected chi connectivity index (χ2v) is 7.47. The molecule has 27 heavy (non-hydrogen) atoms. The number of hydrogen-bond acceptors (Lipinski definition) is 4. The Kier molecular flexibility index (Phi) is 7.78. The number of urea groups is 1. The standard InChI is InChI=1S/C21H33N3O3/c1-23(16-18-8-2-3-10-20(18)24-12-4-5-13-24)21(25)22-11-7-14-26-17-19-9-6-15-27-19/h2-3,8,10,19H,4-7,9,11-17H2,1H3,(H,22,25). The van der Waals surface area contributed by atoms with Gasteiger partial charge in [0.1, 0.15) is 0 Å². The maximum absolute atomic E-state index is 12.4. The average molecular weight is 376 g/mol. The molecule has 1 aromatic rings. The zero-order valence-electron chi connectivity index (χ0n) is 16.5. The van der Waals surface area contributed by atoms with E-state index in [2.05, 4.69) is 28.4 Å². The van der Waals surface area contributed by atoms with Gasteiger partial charge in [-0.15, -0.1) is 0 Å². The van der Waals surface area contributed by atoms with Gasteiger partial charge in [-0.2, -0.15) is 0 Å². The number of benzene rings is 1. The molecule has 6 heteroatoms. The molecule has 2 heterocycles. The molecule has 6 nitrogen and oxygen atoms in total. The summed E-state index contributed by atoms with van der Waals surface area (Å²) in [5.74, 6) is 0. The number of rotatable bonds is 9. The van der Waals surface area contributed by atoms with E-state index >= 15 is 0 Å². The molecule has 0 bridgehead atoms. The minimum absolute atomic E-state index is 0.0367. The lowest BCUT2D eigenvalue weighted by atomic mass is 10.1. The number of nitrogens with zero attached hydrogens (tertiary/aromatic N) is 2. The summed E-state index contributed by atoms with van der Waals surface area (Å²) in [5, 5.41) is 2.98. The van der Waals surface area contributed by atoms with Gasteiger partial charge in [0.25, 0.3) is 0 Å². The van der Waals surface area contributed by atoms with Gasteiger partial charge in [-0.1, -0.05) is 18.2 Å². The topological polar surface area (TPSA) is 54.0 Å². The minimum atomic E-state index is -0.0367. The normalized spacial score (nSPS) is 19.4. The molecule has 2 aliphatic rings. The summed E-state index contributed by atoms with van der Waals surface area (Å²) in [7, 11) is 1.85. The van der Waals surface area contributed by atoms with Crippen LogP contribution in [-0.4, -0.2) is 63.5 Å². The molecule has 0 radical (unpaired) electrons. The largest absolute Gasteiger partial charge is 0.379 e. The summed E-state index contributed by atoms with van der Waals surface area (Å²) in [6, 6.07) is 8.37. The fourth-order valence-corrected chi connectivity index (χ4v) is 3.73. The minimum Gasteiger partial charge on any atom is -0.379 e. The first kappa shape index (κ1) is 20.0. The Labute approximate surface area is 162 Å². The number of carbonyl (C=O) groups excluding carboxylic acids is 1. The van der Waals surface area contributed by atoms with Crippen LogP contribution in [0.1, 0.15) is 37.7 Å². The van der Waals surface area contributed by atoms with Gasteiger partial charge in [0.05, 0.1) is 12.7 Å². The highest BCUT2D eigenvalue weighted by atomic mass is 16.5. The Morgan fingerprint density at radius 2 is 2.11 bits per heavy atom. The molecule has 1 atom stereocenters. The van der Waals surface area contributed by atoms with Crippen molar-refractivity contribution in [2.45, 2.75) is 44.8 Å². The monoisotopic (exact) mass is 375 g/mol. The van der Waals surface area contributed by atoms with Gasteiger partial charge in [-0.3, -0.25) is 0 Å². The summed E-state index contributed by atoms with van der Waals surface area (Å²) < 4.78 is 11.2. The van der Waals surface area contributed by atoms with Crippen LogP contribution in [0.3, 0.4) is 0 Å². The van der Waals surface area contributed by atoms with E-state index < -0.39 is 0 Å². The smallest absolute Gasteiger partial charge is 0.317 e. The quantitative estimate of drug-likeness (QED) is 0.674. The number of hydrogen-bond donors (Lipinski definition) is 1. The number of nitrogens with one attached hydrogen (secondary N) is 1. The first-order chi connectivity index (χ1) is 13.2. The molecule has 0 spiro atoms. The van der Waals surface area contributed by atoms with E-state index in [1.807, 2.05) is 13.1 Å². The molecular weight excluding hydrogens is 342 g/mol. The van der Waals surface area contributed by atoms with Gasteiger partial charge in [0, 0.05) is 52.1 Å².